The first-order valence-electron chi connectivity index (χ1n) is 7.87. The molecule has 3 rings (SSSR count). The predicted molar refractivity (Wildman–Crippen MR) is 93.7 cm³/mol. The number of hydrogen-bond donors (Lipinski definition) is 2. The Hall–Kier alpha value is -2.72. The number of benzene rings is 1. The molecular formula is C17H13ClF4N4O2. The highest BCUT2D eigenvalue weighted by molar-refractivity contribution is 6.34. The summed E-state index contributed by atoms with van der Waals surface area (Å²) in [5, 5.41) is 2.10. The van der Waals surface area contributed by atoms with Crippen molar-refractivity contribution in [3.05, 3.63) is 58.4 Å². The number of pyridine rings is 1. The summed E-state index contributed by atoms with van der Waals surface area (Å²) in [6.45, 7) is -1.30. The van der Waals surface area contributed by atoms with Crippen LogP contribution in [0.2, 0.25) is 5.02 Å². The lowest BCUT2D eigenvalue weighted by Crippen LogP contribution is -2.30. The molecule has 2 aromatic rings. The molecule has 1 aromatic carbocycles. The van der Waals surface area contributed by atoms with Crippen molar-refractivity contribution < 1.29 is 27.1 Å². The Morgan fingerprint density at radius 2 is 2.07 bits per heavy atom. The molecule has 1 aromatic heterocycles. The van der Waals surface area contributed by atoms with E-state index in [-0.39, 0.29) is 28.8 Å². The van der Waals surface area contributed by atoms with Crippen LogP contribution >= 0.6 is 11.6 Å². The summed E-state index contributed by atoms with van der Waals surface area (Å²) in [7, 11) is 0. The first kappa shape index (κ1) is 20.0. The van der Waals surface area contributed by atoms with Crippen LogP contribution in [0.3, 0.4) is 0 Å². The Kier molecular flexibility index (Phi) is 5.52. The standard InChI is InChI=1S/C17H13ClF4N4O2/c18-11-3-8(19)5-24-14(11)16(27)25-9-1-2-12(20)10(4-9)15-17(21,22)7-28-6-13(23)26-15/h1-5,15H,6-7H2,(H2,23,26)(H,25,27). The van der Waals surface area contributed by atoms with Crippen LogP contribution in [0.4, 0.5) is 23.2 Å². The molecule has 1 aliphatic rings. The van der Waals surface area contributed by atoms with Crippen molar-refractivity contribution in [3.8, 4) is 0 Å². The normalized spacial score (nSPS) is 18.9. The van der Waals surface area contributed by atoms with Crippen LogP contribution in [0.15, 0.2) is 35.5 Å². The van der Waals surface area contributed by atoms with E-state index in [1.807, 2.05) is 0 Å². The van der Waals surface area contributed by atoms with Gasteiger partial charge >= 0.3 is 0 Å². The first-order valence-corrected chi connectivity index (χ1v) is 8.25. The second-order valence-electron chi connectivity index (χ2n) is 5.95. The highest BCUT2D eigenvalue weighted by atomic mass is 35.5. The Bertz CT molecular complexity index is 955. The van der Waals surface area contributed by atoms with E-state index in [2.05, 4.69) is 15.3 Å². The highest BCUT2D eigenvalue weighted by Gasteiger charge is 2.44. The molecule has 148 valence electrons. The van der Waals surface area contributed by atoms with Gasteiger partial charge in [0.1, 0.15) is 42.4 Å². The third-order valence-electron chi connectivity index (χ3n) is 3.81. The van der Waals surface area contributed by atoms with E-state index in [0.717, 1.165) is 30.5 Å². The zero-order valence-corrected chi connectivity index (χ0v) is 14.8. The molecule has 0 spiro atoms. The zero-order chi connectivity index (χ0) is 20.5. The SMILES string of the molecule is NC1=NC(c2cc(NC(=O)c3ncc(F)cc3Cl)ccc2F)C(F)(F)COC1. The maximum absolute atomic E-state index is 14.3. The van der Waals surface area contributed by atoms with Crippen molar-refractivity contribution in [1.82, 2.24) is 4.98 Å². The lowest BCUT2D eigenvalue weighted by molar-refractivity contribution is -0.0831. The average Bonchev–Trinajstić information content (AvgIpc) is 2.74. The van der Waals surface area contributed by atoms with Crippen LogP contribution in [0.5, 0.6) is 0 Å². The molecule has 1 atom stereocenters. The number of amidine groups is 1. The number of alkyl halides is 2. The minimum Gasteiger partial charge on any atom is -0.386 e. The Morgan fingerprint density at radius 3 is 2.79 bits per heavy atom. The maximum Gasteiger partial charge on any atom is 0.297 e. The molecule has 1 aliphatic heterocycles. The number of hydrogen-bond acceptors (Lipinski definition) is 5. The summed E-state index contributed by atoms with van der Waals surface area (Å²) < 4.78 is 60.7. The van der Waals surface area contributed by atoms with Crippen molar-refractivity contribution in [2.45, 2.75) is 12.0 Å². The van der Waals surface area contributed by atoms with Gasteiger partial charge in [-0.3, -0.25) is 9.79 Å². The second-order valence-corrected chi connectivity index (χ2v) is 6.36. The number of amides is 1. The lowest BCUT2D eigenvalue weighted by Gasteiger charge is -2.22. The van der Waals surface area contributed by atoms with E-state index in [1.165, 1.54) is 0 Å². The molecule has 0 saturated heterocycles. The molecule has 28 heavy (non-hydrogen) atoms. The fraction of sp³-hybridized carbons (Fsp3) is 0.235. The van der Waals surface area contributed by atoms with Gasteiger partial charge in [-0.25, -0.2) is 22.5 Å². The number of halogens is 5. The molecule has 11 heteroatoms. The van der Waals surface area contributed by atoms with Gasteiger partial charge in [-0.1, -0.05) is 11.6 Å². The van der Waals surface area contributed by atoms with Crippen molar-refractivity contribution in [1.29, 1.82) is 0 Å². The number of aliphatic imine (C=N–C) groups is 1. The number of carbonyl (C=O) groups is 1. The van der Waals surface area contributed by atoms with Crippen molar-refractivity contribution in [2.75, 3.05) is 18.5 Å². The summed E-state index contributed by atoms with van der Waals surface area (Å²) in [6, 6.07) is 2.03. The van der Waals surface area contributed by atoms with E-state index in [0.29, 0.717) is 0 Å². The van der Waals surface area contributed by atoms with Crippen molar-refractivity contribution in [3.63, 3.8) is 0 Å². The summed E-state index contributed by atoms with van der Waals surface area (Å²) in [6.07, 6.45) is 0.792. The predicted octanol–water partition coefficient (Wildman–Crippen LogP) is 3.33. The third kappa shape index (κ3) is 4.23. The first-order chi connectivity index (χ1) is 13.2. The number of carbonyl (C=O) groups excluding carboxylic acids is 1. The maximum atomic E-state index is 14.3. The molecule has 1 unspecified atom stereocenters. The smallest absolute Gasteiger partial charge is 0.297 e. The summed E-state index contributed by atoms with van der Waals surface area (Å²) in [5.41, 5.74) is 4.72. The van der Waals surface area contributed by atoms with Crippen LogP contribution in [0.1, 0.15) is 22.1 Å². The van der Waals surface area contributed by atoms with Crippen LogP contribution in [0.25, 0.3) is 0 Å². The fourth-order valence-electron chi connectivity index (χ4n) is 2.57. The third-order valence-corrected chi connectivity index (χ3v) is 4.10. The van der Waals surface area contributed by atoms with Crippen LogP contribution in [-0.4, -0.2) is 35.9 Å². The van der Waals surface area contributed by atoms with E-state index in [1.54, 1.807) is 0 Å². The van der Waals surface area contributed by atoms with Gasteiger partial charge < -0.3 is 15.8 Å². The summed E-state index contributed by atoms with van der Waals surface area (Å²) in [4.78, 5) is 19.5. The van der Waals surface area contributed by atoms with Crippen LogP contribution < -0.4 is 11.1 Å². The van der Waals surface area contributed by atoms with Gasteiger partial charge in [0, 0.05) is 11.3 Å². The van der Waals surface area contributed by atoms with Crippen molar-refractivity contribution in [2.24, 2.45) is 10.7 Å². The van der Waals surface area contributed by atoms with Crippen molar-refractivity contribution >= 4 is 29.0 Å². The summed E-state index contributed by atoms with van der Waals surface area (Å²) in [5.74, 6) is -6.26. The molecule has 0 radical (unpaired) electrons. The number of nitrogens with zero attached hydrogens (tertiary/aromatic N) is 2. The van der Waals surface area contributed by atoms with Crippen LogP contribution in [-0.2, 0) is 4.74 Å². The van der Waals surface area contributed by atoms with Gasteiger partial charge in [-0.15, -0.1) is 0 Å². The molecule has 0 saturated carbocycles. The number of aromatic nitrogens is 1. The van der Waals surface area contributed by atoms with Gasteiger partial charge in [0.2, 0.25) is 0 Å². The number of rotatable bonds is 3. The van der Waals surface area contributed by atoms with E-state index in [9.17, 15) is 22.4 Å². The molecular weight excluding hydrogens is 404 g/mol. The number of nitrogens with two attached hydrogens (primary N) is 1. The molecule has 6 nitrogen and oxygen atoms in total. The molecule has 3 N–H and O–H groups in total. The monoisotopic (exact) mass is 416 g/mol. The average molecular weight is 417 g/mol. The molecule has 0 bridgehead atoms. The van der Waals surface area contributed by atoms with Gasteiger partial charge in [-0.2, -0.15) is 0 Å². The molecule has 1 amide bonds. The summed E-state index contributed by atoms with van der Waals surface area (Å²) >= 11 is 5.77. The molecule has 0 aliphatic carbocycles. The quantitative estimate of drug-likeness (QED) is 0.751. The number of ether oxygens (including phenoxy) is 1. The van der Waals surface area contributed by atoms with Gasteiger partial charge in [0.25, 0.3) is 11.8 Å². The van der Waals surface area contributed by atoms with Gasteiger partial charge in [0.05, 0.1) is 11.2 Å². The largest absolute Gasteiger partial charge is 0.386 e. The van der Waals surface area contributed by atoms with E-state index >= 15 is 0 Å². The van der Waals surface area contributed by atoms with Gasteiger partial charge in [-0.05, 0) is 24.3 Å². The Morgan fingerprint density at radius 1 is 1.32 bits per heavy atom. The second kappa shape index (κ2) is 7.72. The number of nitrogens with one attached hydrogen (secondary N) is 1. The topological polar surface area (TPSA) is 89.6 Å². The Labute approximate surface area is 161 Å². The zero-order valence-electron chi connectivity index (χ0n) is 14.1. The fourth-order valence-corrected chi connectivity index (χ4v) is 2.81. The molecule has 0 fully saturated rings. The molecule has 2 heterocycles. The van der Waals surface area contributed by atoms with Gasteiger partial charge in [0.15, 0.2) is 0 Å². The minimum atomic E-state index is -3.52. The number of anilines is 1. The lowest BCUT2D eigenvalue weighted by atomic mass is 10.00. The highest BCUT2D eigenvalue weighted by Crippen LogP contribution is 2.38. The Balaban J connectivity index is 1.93. The minimum absolute atomic E-state index is 0.0154. The van der Waals surface area contributed by atoms with Crippen LogP contribution in [0, 0.1) is 11.6 Å². The van der Waals surface area contributed by atoms with E-state index < -0.39 is 41.7 Å². The van der Waals surface area contributed by atoms with E-state index in [4.69, 9.17) is 22.1 Å².